The lowest BCUT2D eigenvalue weighted by molar-refractivity contribution is -0.127. The first-order valence-electron chi connectivity index (χ1n) is 3.76. The highest BCUT2D eigenvalue weighted by atomic mass is 28.3. The van der Waals surface area contributed by atoms with Crippen molar-refractivity contribution >= 4 is 14.5 Å². The molecule has 0 saturated carbocycles. The zero-order valence-corrected chi connectivity index (χ0v) is 8.46. The van der Waals surface area contributed by atoms with Gasteiger partial charge in [-0.3, -0.25) is 4.79 Å². The van der Waals surface area contributed by atoms with Crippen LogP contribution in [-0.4, -0.2) is 21.2 Å². The first-order chi connectivity index (χ1) is 5.06. The molecular weight excluding hydrogens is 156 g/mol. The highest BCUT2D eigenvalue weighted by molar-refractivity contribution is 6.76. The van der Waals surface area contributed by atoms with Crippen LogP contribution >= 0.6 is 0 Å². The SMILES string of the molecule is C[Si](C)(C)C/C=C/COC=O. The molecule has 0 aliphatic carbocycles. The van der Waals surface area contributed by atoms with E-state index in [1.807, 2.05) is 6.08 Å². The Labute approximate surface area is 69.3 Å². The van der Waals surface area contributed by atoms with E-state index in [1.165, 1.54) is 0 Å². The van der Waals surface area contributed by atoms with Gasteiger partial charge in [-0.25, -0.2) is 0 Å². The quantitative estimate of drug-likeness (QED) is 0.274. The van der Waals surface area contributed by atoms with E-state index in [0.717, 1.165) is 6.04 Å². The zero-order valence-electron chi connectivity index (χ0n) is 7.46. The number of rotatable bonds is 5. The van der Waals surface area contributed by atoms with Gasteiger partial charge in [0.15, 0.2) is 0 Å². The molecule has 0 aromatic carbocycles. The van der Waals surface area contributed by atoms with E-state index in [2.05, 4.69) is 30.5 Å². The molecule has 0 saturated heterocycles. The normalized spacial score (nSPS) is 11.9. The number of hydrogen-bond donors (Lipinski definition) is 0. The smallest absolute Gasteiger partial charge is 0.293 e. The van der Waals surface area contributed by atoms with E-state index >= 15 is 0 Å². The third-order valence-corrected chi connectivity index (χ3v) is 2.62. The standard InChI is InChI=1S/C8H16O2Si/c1-11(2,3)7-5-4-6-10-8-9/h4-5,8H,6-7H2,1-3H3/b5-4+. The van der Waals surface area contributed by atoms with Gasteiger partial charge in [0, 0.05) is 8.07 Å². The molecule has 0 unspecified atom stereocenters. The maximum absolute atomic E-state index is 9.72. The minimum Gasteiger partial charge on any atom is -0.464 e. The van der Waals surface area contributed by atoms with Gasteiger partial charge in [0.05, 0.1) is 0 Å². The van der Waals surface area contributed by atoms with Crippen molar-refractivity contribution in [1.82, 2.24) is 0 Å². The molecule has 64 valence electrons. The molecule has 0 heterocycles. The molecule has 0 aliphatic rings. The highest BCUT2D eigenvalue weighted by Crippen LogP contribution is 2.07. The van der Waals surface area contributed by atoms with Crippen LogP contribution in [-0.2, 0) is 9.53 Å². The lowest BCUT2D eigenvalue weighted by Crippen LogP contribution is -2.17. The van der Waals surface area contributed by atoms with Crippen LogP contribution in [0.15, 0.2) is 12.2 Å². The van der Waals surface area contributed by atoms with Crippen molar-refractivity contribution in [3.8, 4) is 0 Å². The number of carbonyl (C=O) groups is 1. The molecule has 0 aromatic heterocycles. The Morgan fingerprint density at radius 1 is 1.27 bits per heavy atom. The van der Waals surface area contributed by atoms with E-state index in [0.29, 0.717) is 13.1 Å². The molecule has 0 N–H and O–H groups in total. The maximum Gasteiger partial charge on any atom is 0.293 e. The molecule has 0 amide bonds. The average molecular weight is 172 g/mol. The number of hydrogen-bond acceptors (Lipinski definition) is 2. The molecule has 0 fully saturated rings. The van der Waals surface area contributed by atoms with Gasteiger partial charge in [-0.2, -0.15) is 0 Å². The largest absolute Gasteiger partial charge is 0.464 e. The van der Waals surface area contributed by atoms with E-state index < -0.39 is 8.07 Å². The second-order valence-corrected chi connectivity index (χ2v) is 9.20. The summed E-state index contributed by atoms with van der Waals surface area (Å²) in [5.74, 6) is 0. The van der Waals surface area contributed by atoms with Gasteiger partial charge in [0.25, 0.3) is 6.47 Å². The molecule has 0 atom stereocenters. The third-order valence-electron chi connectivity index (χ3n) is 1.16. The summed E-state index contributed by atoms with van der Waals surface area (Å²) in [5.41, 5.74) is 0. The van der Waals surface area contributed by atoms with Crippen molar-refractivity contribution in [1.29, 1.82) is 0 Å². The topological polar surface area (TPSA) is 26.3 Å². The van der Waals surface area contributed by atoms with Gasteiger partial charge in [0.2, 0.25) is 0 Å². The second-order valence-electron chi connectivity index (χ2n) is 3.67. The summed E-state index contributed by atoms with van der Waals surface area (Å²) in [6.07, 6.45) is 3.99. The Morgan fingerprint density at radius 2 is 1.91 bits per heavy atom. The first kappa shape index (κ1) is 10.4. The molecule has 2 nitrogen and oxygen atoms in total. The molecular formula is C8H16O2Si. The lowest BCUT2D eigenvalue weighted by Gasteiger charge is -2.11. The minimum absolute atomic E-state index is 0.411. The molecule has 0 bridgehead atoms. The number of carbonyl (C=O) groups excluding carboxylic acids is 1. The van der Waals surface area contributed by atoms with Crippen LogP contribution in [0.25, 0.3) is 0 Å². The summed E-state index contributed by atoms with van der Waals surface area (Å²) < 4.78 is 4.50. The predicted molar refractivity (Wildman–Crippen MR) is 49.3 cm³/mol. The first-order valence-corrected chi connectivity index (χ1v) is 7.47. The Kier molecular flexibility index (Phi) is 4.86. The summed E-state index contributed by atoms with van der Waals surface area (Å²) in [6.45, 7) is 7.79. The van der Waals surface area contributed by atoms with Crippen molar-refractivity contribution in [2.45, 2.75) is 25.7 Å². The highest BCUT2D eigenvalue weighted by Gasteiger charge is 2.08. The summed E-state index contributed by atoms with van der Waals surface area (Å²) in [5, 5.41) is 0. The van der Waals surface area contributed by atoms with Crippen molar-refractivity contribution in [3.05, 3.63) is 12.2 Å². The van der Waals surface area contributed by atoms with Gasteiger partial charge >= 0.3 is 0 Å². The molecule has 0 spiro atoms. The molecule has 0 aromatic rings. The van der Waals surface area contributed by atoms with Crippen LogP contribution in [0.5, 0.6) is 0 Å². The summed E-state index contributed by atoms with van der Waals surface area (Å²) in [6, 6.07) is 1.15. The second kappa shape index (κ2) is 5.13. The van der Waals surface area contributed by atoms with Crippen molar-refractivity contribution in [3.63, 3.8) is 0 Å². The Balaban J connectivity index is 3.37. The van der Waals surface area contributed by atoms with Gasteiger partial charge in [-0.05, 0) is 6.04 Å². The fraction of sp³-hybridized carbons (Fsp3) is 0.625. The van der Waals surface area contributed by atoms with Gasteiger partial charge in [-0.1, -0.05) is 31.8 Å². The van der Waals surface area contributed by atoms with Crippen molar-refractivity contribution < 1.29 is 9.53 Å². The molecule has 0 rings (SSSR count). The summed E-state index contributed by atoms with van der Waals surface area (Å²) in [7, 11) is -0.948. The molecule has 0 radical (unpaired) electrons. The number of ether oxygens (including phenoxy) is 1. The predicted octanol–water partition coefficient (Wildman–Crippen LogP) is 2.05. The monoisotopic (exact) mass is 172 g/mol. The minimum atomic E-state index is -0.948. The van der Waals surface area contributed by atoms with Gasteiger partial charge < -0.3 is 4.74 Å². The van der Waals surface area contributed by atoms with E-state index in [9.17, 15) is 4.79 Å². The van der Waals surface area contributed by atoms with E-state index in [-0.39, 0.29) is 0 Å². The van der Waals surface area contributed by atoms with Crippen LogP contribution < -0.4 is 0 Å². The fourth-order valence-electron chi connectivity index (χ4n) is 0.600. The van der Waals surface area contributed by atoms with Crippen LogP contribution in [0.2, 0.25) is 25.7 Å². The molecule has 3 heteroatoms. The van der Waals surface area contributed by atoms with Gasteiger partial charge in [-0.15, -0.1) is 0 Å². The van der Waals surface area contributed by atoms with E-state index in [4.69, 9.17) is 0 Å². The Morgan fingerprint density at radius 3 is 2.36 bits per heavy atom. The summed E-state index contributed by atoms with van der Waals surface area (Å²) in [4.78, 5) is 9.72. The van der Waals surface area contributed by atoms with Crippen molar-refractivity contribution in [2.75, 3.05) is 6.61 Å². The molecule has 11 heavy (non-hydrogen) atoms. The number of allylic oxidation sites excluding steroid dienone is 1. The average Bonchev–Trinajstić information content (AvgIpc) is 1.85. The summed E-state index contributed by atoms with van der Waals surface area (Å²) >= 11 is 0. The Bertz CT molecular complexity index is 136. The van der Waals surface area contributed by atoms with Crippen LogP contribution in [0.3, 0.4) is 0 Å². The van der Waals surface area contributed by atoms with Crippen LogP contribution in [0, 0.1) is 0 Å². The van der Waals surface area contributed by atoms with Gasteiger partial charge in [0.1, 0.15) is 6.61 Å². The van der Waals surface area contributed by atoms with Crippen LogP contribution in [0.1, 0.15) is 0 Å². The van der Waals surface area contributed by atoms with E-state index in [1.54, 1.807) is 0 Å². The maximum atomic E-state index is 9.72. The van der Waals surface area contributed by atoms with Crippen molar-refractivity contribution in [2.24, 2.45) is 0 Å². The Hall–Kier alpha value is -0.573. The van der Waals surface area contributed by atoms with Crippen LogP contribution in [0.4, 0.5) is 0 Å². The third kappa shape index (κ3) is 9.43. The molecule has 0 aliphatic heterocycles. The fourth-order valence-corrected chi connectivity index (χ4v) is 1.47. The lowest BCUT2D eigenvalue weighted by atomic mass is 10.5. The zero-order chi connectivity index (χ0) is 8.74.